The zero-order chi connectivity index (χ0) is 20.3. The van der Waals surface area contributed by atoms with Crippen LogP contribution < -0.4 is 4.74 Å². The third kappa shape index (κ3) is 4.96. The van der Waals surface area contributed by atoms with Crippen molar-refractivity contribution in [3.63, 3.8) is 0 Å². The minimum Gasteiger partial charge on any atom is -0.432 e. The molecule has 0 N–H and O–H groups in total. The molecule has 2 saturated carbocycles. The SMILES string of the molecule is Cc1cc(OC(F)(F)C2CCC(C3CCC(C)CC3)CC2)cc(F)c1N=C=S. The number of rotatable bonds is 5. The summed E-state index contributed by atoms with van der Waals surface area (Å²) in [5, 5.41) is 2.10. The van der Waals surface area contributed by atoms with Gasteiger partial charge in [-0.3, -0.25) is 0 Å². The average Bonchev–Trinajstić information content (AvgIpc) is 2.65. The molecule has 2 aliphatic rings. The van der Waals surface area contributed by atoms with Crippen molar-refractivity contribution in [2.24, 2.45) is 28.7 Å². The number of aliphatic imine (C=N–C) groups is 1. The molecule has 0 amide bonds. The van der Waals surface area contributed by atoms with Crippen molar-refractivity contribution in [3.8, 4) is 5.75 Å². The molecule has 0 heterocycles. The van der Waals surface area contributed by atoms with Gasteiger partial charge in [0.25, 0.3) is 0 Å². The van der Waals surface area contributed by atoms with E-state index in [0.717, 1.165) is 24.8 Å². The molecular weight excluding hydrogens is 383 g/mol. The molecule has 0 aromatic heterocycles. The predicted molar refractivity (Wildman–Crippen MR) is 108 cm³/mol. The molecule has 0 unspecified atom stereocenters. The van der Waals surface area contributed by atoms with Gasteiger partial charge in [0.2, 0.25) is 0 Å². The van der Waals surface area contributed by atoms with Crippen LogP contribution in [0.25, 0.3) is 0 Å². The van der Waals surface area contributed by atoms with Crippen molar-refractivity contribution in [3.05, 3.63) is 23.5 Å². The molecule has 2 fully saturated rings. The fraction of sp³-hybridized carbons (Fsp3) is 0.682. The normalized spacial score (nSPS) is 28.5. The van der Waals surface area contributed by atoms with E-state index in [-0.39, 0.29) is 11.4 Å². The fourth-order valence-electron chi connectivity index (χ4n) is 4.88. The molecule has 28 heavy (non-hydrogen) atoms. The van der Waals surface area contributed by atoms with Crippen LogP contribution in [0.15, 0.2) is 17.1 Å². The topological polar surface area (TPSA) is 21.6 Å². The smallest absolute Gasteiger partial charge is 0.400 e. The summed E-state index contributed by atoms with van der Waals surface area (Å²) >= 11 is 4.49. The van der Waals surface area contributed by atoms with Crippen molar-refractivity contribution in [1.82, 2.24) is 0 Å². The second-order valence-electron chi connectivity index (χ2n) is 8.57. The van der Waals surface area contributed by atoms with Gasteiger partial charge in [-0.15, -0.1) is 0 Å². The summed E-state index contributed by atoms with van der Waals surface area (Å²) in [6, 6.07) is 2.32. The van der Waals surface area contributed by atoms with Crippen LogP contribution >= 0.6 is 12.2 Å². The summed E-state index contributed by atoms with van der Waals surface area (Å²) in [4.78, 5) is 3.64. The Morgan fingerprint density at radius 3 is 2.14 bits per heavy atom. The second kappa shape index (κ2) is 8.96. The number of halogens is 3. The van der Waals surface area contributed by atoms with Crippen LogP contribution in [0, 0.1) is 36.4 Å². The molecule has 0 radical (unpaired) electrons. The Labute approximate surface area is 170 Å². The number of ether oxygens (including phenoxy) is 1. The van der Waals surface area contributed by atoms with Gasteiger partial charge in [0.15, 0.2) is 5.82 Å². The number of thiocarbonyl (C=S) groups is 1. The first-order valence-electron chi connectivity index (χ1n) is 10.2. The lowest BCUT2D eigenvalue weighted by Crippen LogP contribution is -2.38. The highest BCUT2D eigenvalue weighted by Crippen LogP contribution is 2.45. The van der Waals surface area contributed by atoms with Crippen molar-refractivity contribution in [1.29, 1.82) is 0 Å². The predicted octanol–water partition coefficient (Wildman–Crippen LogP) is 7.47. The van der Waals surface area contributed by atoms with E-state index in [1.54, 1.807) is 6.92 Å². The van der Waals surface area contributed by atoms with Gasteiger partial charge in [0.1, 0.15) is 11.4 Å². The van der Waals surface area contributed by atoms with Crippen LogP contribution in [0.3, 0.4) is 0 Å². The maximum atomic E-state index is 14.7. The van der Waals surface area contributed by atoms with Crippen molar-refractivity contribution in [2.75, 3.05) is 0 Å². The minimum absolute atomic E-state index is 0.00738. The average molecular weight is 412 g/mol. The van der Waals surface area contributed by atoms with Crippen LogP contribution in [-0.4, -0.2) is 11.3 Å². The lowest BCUT2D eigenvalue weighted by Gasteiger charge is -2.38. The van der Waals surface area contributed by atoms with Crippen LogP contribution in [0.5, 0.6) is 5.75 Å². The minimum atomic E-state index is -3.31. The number of benzene rings is 1. The van der Waals surface area contributed by atoms with E-state index in [0.29, 0.717) is 30.2 Å². The molecule has 0 bridgehead atoms. The highest BCUT2D eigenvalue weighted by molar-refractivity contribution is 7.78. The number of alkyl halides is 2. The van der Waals surface area contributed by atoms with Crippen molar-refractivity contribution < 1.29 is 17.9 Å². The quantitative estimate of drug-likeness (QED) is 0.370. The van der Waals surface area contributed by atoms with Gasteiger partial charge in [-0.2, -0.15) is 13.8 Å². The monoisotopic (exact) mass is 411 g/mol. The second-order valence-corrected chi connectivity index (χ2v) is 8.75. The summed E-state index contributed by atoms with van der Waals surface area (Å²) in [7, 11) is 0. The molecule has 2 aliphatic carbocycles. The highest BCUT2D eigenvalue weighted by atomic mass is 32.1. The van der Waals surface area contributed by atoms with E-state index in [1.807, 2.05) is 0 Å². The van der Waals surface area contributed by atoms with E-state index in [1.165, 1.54) is 31.7 Å². The highest BCUT2D eigenvalue weighted by Gasteiger charge is 2.45. The molecule has 6 heteroatoms. The maximum absolute atomic E-state index is 14.7. The molecule has 2 nitrogen and oxygen atoms in total. The third-order valence-electron chi connectivity index (χ3n) is 6.61. The first-order chi connectivity index (χ1) is 13.3. The molecule has 0 atom stereocenters. The summed E-state index contributed by atoms with van der Waals surface area (Å²) in [6.45, 7) is 3.87. The van der Waals surface area contributed by atoms with Crippen molar-refractivity contribution >= 4 is 23.1 Å². The van der Waals surface area contributed by atoms with Crippen LogP contribution in [-0.2, 0) is 0 Å². The molecule has 154 valence electrons. The largest absolute Gasteiger partial charge is 0.432 e. The van der Waals surface area contributed by atoms with E-state index >= 15 is 0 Å². The maximum Gasteiger partial charge on any atom is 0.400 e. The van der Waals surface area contributed by atoms with Crippen molar-refractivity contribution in [2.45, 2.75) is 71.3 Å². The Kier molecular flexibility index (Phi) is 6.82. The van der Waals surface area contributed by atoms with E-state index in [9.17, 15) is 13.2 Å². The van der Waals surface area contributed by atoms with Crippen LogP contribution in [0.1, 0.15) is 63.9 Å². The van der Waals surface area contributed by atoms with E-state index in [2.05, 4.69) is 29.3 Å². The fourth-order valence-corrected chi connectivity index (χ4v) is 4.97. The number of nitrogens with zero attached hydrogens (tertiary/aromatic N) is 1. The Morgan fingerprint density at radius 2 is 1.61 bits per heavy atom. The van der Waals surface area contributed by atoms with Crippen LogP contribution in [0.4, 0.5) is 18.9 Å². The molecule has 1 aromatic rings. The zero-order valence-electron chi connectivity index (χ0n) is 16.5. The standard InChI is InChI=1S/C22H28F3NOS/c1-14-3-5-16(6-4-14)17-7-9-18(10-8-17)22(24,25)27-19-11-15(2)21(26-13-28)20(23)12-19/h11-12,14,16-18H,3-10H2,1-2H3. The van der Waals surface area contributed by atoms with Gasteiger partial charge in [-0.1, -0.05) is 19.8 Å². The van der Waals surface area contributed by atoms with Gasteiger partial charge in [0, 0.05) is 6.07 Å². The summed E-state index contributed by atoms with van der Waals surface area (Å²) in [5.41, 5.74) is 0.395. The molecule has 0 aliphatic heterocycles. The zero-order valence-corrected chi connectivity index (χ0v) is 17.3. The third-order valence-corrected chi connectivity index (χ3v) is 6.70. The molecular formula is C22H28F3NOS. The number of aryl methyl sites for hydroxylation is 1. The number of hydrogen-bond acceptors (Lipinski definition) is 3. The van der Waals surface area contributed by atoms with Gasteiger partial charge < -0.3 is 4.74 Å². The Bertz CT molecular complexity index is 708. The summed E-state index contributed by atoms with van der Waals surface area (Å²) < 4.78 is 48.5. The summed E-state index contributed by atoms with van der Waals surface area (Å²) in [6.07, 6.45) is 4.26. The number of hydrogen-bond donors (Lipinski definition) is 0. The lowest BCUT2D eigenvalue weighted by atomic mass is 9.69. The van der Waals surface area contributed by atoms with E-state index < -0.39 is 17.8 Å². The van der Waals surface area contributed by atoms with Gasteiger partial charge in [0.05, 0.1) is 11.1 Å². The Balaban J connectivity index is 1.60. The lowest BCUT2D eigenvalue weighted by molar-refractivity contribution is -0.224. The first kappa shape index (κ1) is 21.3. The summed E-state index contributed by atoms with van der Waals surface area (Å²) in [5.74, 6) is 0.317. The first-order valence-corrected chi connectivity index (χ1v) is 10.7. The Hall–Kier alpha value is -1.39. The molecule has 0 spiro atoms. The van der Waals surface area contributed by atoms with Crippen LogP contribution in [0.2, 0.25) is 0 Å². The molecule has 3 rings (SSSR count). The van der Waals surface area contributed by atoms with Gasteiger partial charge in [-0.05, 0) is 87.1 Å². The Morgan fingerprint density at radius 1 is 1.04 bits per heavy atom. The molecule has 0 saturated heterocycles. The van der Waals surface area contributed by atoms with Gasteiger partial charge in [-0.25, -0.2) is 4.39 Å². The van der Waals surface area contributed by atoms with E-state index in [4.69, 9.17) is 4.74 Å². The van der Waals surface area contributed by atoms with Gasteiger partial charge >= 0.3 is 6.11 Å². The number of isothiocyanates is 1. The molecule has 1 aromatic carbocycles.